The highest BCUT2D eigenvalue weighted by Crippen LogP contribution is 2.07. The molecule has 1 aromatic carbocycles. The van der Waals surface area contributed by atoms with E-state index in [9.17, 15) is 4.79 Å². The summed E-state index contributed by atoms with van der Waals surface area (Å²) < 4.78 is 5.12. The smallest absolute Gasteiger partial charge is 0.408 e. The van der Waals surface area contributed by atoms with Crippen molar-refractivity contribution in [2.75, 3.05) is 13.1 Å². The molecule has 0 heterocycles. The van der Waals surface area contributed by atoms with Crippen molar-refractivity contribution in [3.05, 3.63) is 35.4 Å². The van der Waals surface area contributed by atoms with Gasteiger partial charge >= 0.3 is 6.09 Å². The molecule has 0 saturated heterocycles. The zero-order valence-electron chi connectivity index (χ0n) is 12.3. The third-order valence-electron chi connectivity index (χ3n) is 2.37. The molecule has 0 bridgehead atoms. The van der Waals surface area contributed by atoms with Gasteiger partial charge in [-0.05, 0) is 45.4 Å². The Hall–Kier alpha value is -1.99. The lowest BCUT2D eigenvalue weighted by atomic mass is 10.1. The first-order chi connectivity index (χ1) is 9.42. The largest absolute Gasteiger partial charge is 0.444 e. The van der Waals surface area contributed by atoms with E-state index in [1.165, 1.54) is 0 Å². The molecule has 20 heavy (non-hydrogen) atoms. The van der Waals surface area contributed by atoms with E-state index in [1.54, 1.807) is 0 Å². The summed E-state index contributed by atoms with van der Waals surface area (Å²) in [4.78, 5) is 11.4. The molecule has 0 aliphatic rings. The van der Waals surface area contributed by atoms with E-state index in [0.717, 1.165) is 17.5 Å². The van der Waals surface area contributed by atoms with Crippen LogP contribution in [0.4, 0.5) is 4.79 Å². The van der Waals surface area contributed by atoms with Gasteiger partial charge in [0.25, 0.3) is 0 Å². The summed E-state index contributed by atoms with van der Waals surface area (Å²) in [5.74, 6) is 5.95. The SMILES string of the molecule is CC(C)(C)OC(=O)NCC#Cc1ccccc1CCN. The molecule has 1 aromatic rings. The first kappa shape index (κ1) is 16.1. The van der Waals surface area contributed by atoms with Gasteiger partial charge in [0.2, 0.25) is 0 Å². The quantitative estimate of drug-likeness (QED) is 0.829. The maximum absolute atomic E-state index is 11.4. The van der Waals surface area contributed by atoms with Crippen LogP contribution in [-0.4, -0.2) is 24.8 Å². The van der Waals surface area contributed by atoms with Gasteiger partial charge < -0.3 is 15.8 Å². The molecular formula is C16H22N2O2. The zero-order chi connectivity index (χ0) is 15.0. The summed E-state index contributed by atoms with van der Waals surface area (Å²) in [6.45, 7) is 6.31. The lowest BCUT2D eigenvalue weighted by Gasteiger charge is -2.19. The summed E-state index contributed by atoms with van der Waals surface area (Å²) in [6.07, 6.45) is 0.340. The topological polar surface area (TPSA) is 64.3 Å². The van der Waals surface area contributed by atoms with E-state index in [1.807, 2.05) is 45.0 Å². The van der Waals surface area contributed by atoms with Crippen LogP contribution in [0.15, 0.2) is 24.3 Å². The van der Waals surface area contributed by atoms with E-state index in [0.29, 0.717) is 6.54 Å². The monoisotopic (exact) mass is 274 g/mol. The third kappa shape index (κ3) is 6.26. The number of benzene rings is 1. The molecule has 3 N–H and O–H groups in total. The molecule has 0 spiro atoms. The van der Waals surface area contributed by atoms with Gasteiger partial charge in [-0.15, -0.1) is 0 Å². The number of rotatable bonds is 3. The van der Waals surface area contributed by atoms with Crippen LogP contribution in [0.3, 0.4) is 0 Å². The fourth-order valence-corrected chi connectivity index (χ4v) is 1.59. The van der Waals surface area contributed by atoms with Gasteiger partial charge in [-0.3, -0.25) is 0 Å². The van der Waals surface area contributed by atoms with Gasteiger partial charge in [-0.2, -0.15) is 0 Å². The predicted octanol–water partition coefficient (Wildman–Crippen LogP) is 2.06. The Morgan fingerprint density at radius 2 is 2.05 bits per heavy atom. The highest BCUT2D eigenvalue weighted by atomic mass is 16.6. The molecule has 0 unspecified atom stereocenters. The van der Waals surface area contributed by atoms with Crippen molar-refractivity contribution in [3.8, 4) is 11.8 Å². The molecule has 0 radical (unpaired) electrons. The van der Waals surface area contributed by atoms with Crippen LogP contribution in [-0.2, 0) is 11.2 Å². The van der Waals surface area contributed by atoms with Crippen LogP contribution >= 0.6 is 0 Å². The van der Waals surface area contributed by atoms with Gasteiger partial charge in [0.15, 0.2) is 0 Å². The third-order valence-corrected chi connectivity index (χ3v) is 2.37. The number of amides is 1. The van der Waals surface area contributed by atoms with E-state index in [2.05, 4.69) is 17.2 Å². The predicted molar refractivity (Wildman–Crippen MR) is 80.3 cm³/mol. The Morgan fingerprint density at radius 3 is 2.70 bits per heavy atom. The molecule has 1 amide bonds. The first-order valence-corrected chi connectivity index (χ1v) is 6.66. The fraction of sp³-hybridized carbons (Fsp3) is 0.438. The van der Waals surface area contributed by atoms with E-state index >= 15 is 0 Å². The summed E-state index contributed by atoms with van der Waals surface area (Å²) in [5.41, 5.74) is 7.14. The number of carbonyl (C=O) groups excluding carboxylic acids is 1. The van der Waals surface area contributed by atoms with Gasteiger partial charge in [0.05, 0.1) is 6.54 Å². The Balaban J connectivity index is 2.53. The fourth-order valence-electron chi connectivity index (χ4n) is 1.59. The number of alkyl carbamates (subject to hydrolysis) is 1. The van der Waals surface area contributed by atoms with Crippen molar-refractivity contribution in [1.29, 1.82) is 0 Å². The average molecular weight is 274 g/mol. The average Bonchev–Trinajstić information content (AvgIpc) is 2.34. The maximum atomic E-state index is 11.4. The minimum atomic E-state index is -0.495. The first-order valence-electron chi connectivity index (χ1n) is 6.66. The minimum absolute atomic E-state index is 0.256. The van der Waals surface area contributed by atoms with Crippen molar-refractivity contribution in [2.24, 2.45) is 5.73 Å². The second-order valence-electron chi connectivity index (χ2n) is 5.35. The molecule has 0 fully saturated rings. The van der Waals surface area contributed by atoms with Crippen molar-refractivity contribution < 1.29 is 9.53 Å². The summed E-state index contributed by atoms with van der Waals surface area (Å²) in [6, 6.07) is 7.87. The Bertz CT molecular complexity index is 507. The molecule has 0 saturated carbocycles. The van der Waals surface area contributed by atoms with Crippen molar-refractivity contribution >= 4 is 6.09 Å². The van der Waals surface area contributed by atoms with Gasteiger partial charge in [0, 0.05) is 5.56 Å². The van der Waals surface area contributed by atoms with Crippen molar-refractivity contribution in [3.63, 3.8) is 0 Å². The molecular weight excluding hydrogens is 252 g/mol. The Morgan fingerprint density at radius 1 is 1.35 bits per heavy atom. The Kier molecular flexibility index (Phi) is 6.08. The van der Waals surface area contributed by atoms with E-state index < -0.39 is 11.7 Å². The number of hydrogen-bond acceptors (Lipinski definition) is 3. The molecule has 0 aromatic heterocycles. The number of nitrogens with two attached hydrogens (primary N) is 1. The van der Waals surface area contributed by atoms with Crippen LogP contribution in [0.1, 0.15) is 31.9 Å². The maximum Gasteiger partial charge on any atom is 0.408 e. The zero-order valence-corrected chi connectivity index (χ0v) is 12.3. The number of hydrogen-bond donors (Lipinski definition) is 2. The molecule has 1 rings (SSSR count). The number of carbonyl (C=O) groups is 1. The van der Waals surface area contributed by atoms with Gasteiger partial charge in [-0.1, -0.05) is 30.0 Å². The van der Waals surface area contributed by atoms with Crippen LogP contribution in [0.25, 0.3) is 0 Å². The summed E-state index contributed by atoms with van der Waals surface area (Å²) in [7, 11) is 0. The number of ether oxygens (including phenoxy) is 1. The van der Waals surface area contributed by atoms with Gasteiger partial charge in [-0.25, -0.2) is 4.79 Å². The van der Waals surface area contributed by atoms with Crippen molar-refractivity contribution in [1.82, 2.24) is 5.32 Å². The standard InChI is InChI=1S/C16H22N2O2/c1-16(2,3)20-15(19)18-12-6-9-13-7-4-5-8-14(13)10-11-17/h4-5,7-8H,10-12,17H2,1-3H3,(H,18,19). The second-order valence-corrected chi connectivity index (χ2v) is 5.35. The summed E-state index contributed by atoms with van der Waals surface area (Å²) >= 11 is 0. The van der Waals surface area contributed by atoms with Crippen LogP contribution in [0.2, 0.25) is 0 Å². The summed E-state index contributed by atoms with van der Waals surface area (Å²) in [5, 5.41) is 2.60. The lowest BCUT2D eigenvalue weighted by molar-refractivity contribution is 0.0535. The minimum Gasteiger partial charge on any atom is -0.444 e. The second kappa shape index (κ2) is 7.56. The Labute approximate surface area is 120 Å². The normalized spacial score (nSPS) is 10.4. The van der Waals surface area contributed by atoms with Crippen molar-refractivity contribution in [2.45, 2.75) is 32.8 Å². The molecule has 0 aliphatic heterocycles. The van der Waals surface area contributed by atoms with Crippen LogP contribution in [0, 0.1) is 11.8 Å². The van der Waals surface area contributed by atoms with E-state index in [-0.39, 0.29) is 6.54 Å². The molecule has 0 aliphatic carbocycles. The number of nitrogens with one attached hydrogen (secondary N) is 1. The lowest BCUT2D eigenvalue weighted by Crippen LogP contribution is -2.32. The highest BCUT2D eigenvalue weighted by Gasteiger charge is 2.14. The molecule has 108 valence electrons. The van der Waals surface area contributed by atoms with E-state index in [4.69, 9.17) is 10.5 Å². The molecule has 4 nitrogen and oxygen atoms in total. The van der Waals surface area contributed by atoms with Crippen LogP contribution < -0.4 is 11.1 Å². The molecule has 0 atom stereocenters. The van der Waals surface area contributed by atoms with Crippen LogP contribution in [0.5, 0.6) is 0 Å². The van der Waals surface area contributed by atoms with Gasteiger partial charge in [0.1, 0.15) is 5.60 Å². The highest BCUT2D eigenvalue weighted by molar-refractivity contribution is 5.68. The molecule has 4 heteroatoms.